The van der Waals surface area contributed by atoms with Crippen molar-refractivity contribution in [2.45, 2.75) is 13.1 Å². The lowest BCUT2D eigenvalue weighted by Crippen LogP contribution is -2.05. The number of hydrogen-bond acceptors (Lipinski definition) is 4. The van der Waals surface area contributed by atoms with Gasteiger partial charge in [0.25, 0.3) is 0 Å². The Morgan fingerprint density at radius 1 is 0.966 bits per heavy atom. The van der Waals surface area contributed by atoms with Crippen molar-refractivity contribution in [1.82, 2.24) is 19.5 Å². The molecule has 2 heterocycles. The summed E-state index contributed by atoms with van der Waals surface area (Å²) in [5.74, 6) is -0.713. The summed E-state index contributed by atoms with van der Waals surface area (Å²) in [6.45, 7) is 1.61. The zero-order valence-corrected chi connectivity index (χ0v) is 14.8. The highest BCUT2D eigenvalue weighted by Gasteiger charge is 2.29. The number of alkyl halides is 3. The number of rotatable bonds is 3. The third kappa shape index (κ3) is 3.60. The van der Waals surface area contributed by atoms with Gasteiger partial charge in [-0.25, -0.2) is 18.7 Å². The fourth-order valence-electron chi connectivity index (χ4n) is 2.92. The smallest absolute Gasteiger partial charge is 0.339 e. The molecule has 0 saturated carbocycles. The number of imidazole rings is 1. The van der Waals surface area contributed by atoms with Crippen molar-refractivity contribution in [1.29, 1.82) is 0 Å². The van der Waals surface area contributed by atoms with Crippen LogP contribution in [0.2, 0.25) is 0 Å². The topological polar surface area (TPSA) is 55.6 Å². The van der Waals surface area contributed by atoms with Gasteiger partial charge in [0.15, 0.2) is 17.5 Å². The van der Waals surface area contributed by atoms with E-state index in [0.29, 0.717) is 11.5 Å². The number of aryl methyl sites for hydroxylation is 1. The van der Waals surface area contributed by atoms with Crippen LogP contribution in [0.15, 0.2) is 48.8 Å². The molecule has 10 heteroatoms. The summed E-state index contributed by atoms with van der Waals surface area (Å²) in [6, 6.07) is 6.29. The van der Waals surface area contributed by atoms with E-state index >= 15 is 0 Å². The first kappa shape index (κ1) is 18.8. The van der Waals surface area contributed by atoms with Crippen LogP contribution >= 0.6 is 0 Å². The number of hydrogen-bond donors (Lipinski definition) is 1. The standard InChI is InChI=1S/C19H12F5N5/c1-10-26-18-14(21)6-12(20)7-15(18)29(10)17-9-25-8-16(28-17)27-13-4-2-11(3-5-13)19(22,23)24/h2-9H,1H3,(H,27,28). The molecule has 29 heavy (non-hydrogen) atoms. The number of benzene rings is 2. The lowest BCUT2D eigenvalue weighted by atomic mass is 10.2. The third-order valence-corrected chi connectivity index (χ3v) is 4.18. The van der Waals surface area contributed by atoms with Crippen LogP contribution in [0.25, 0.3) is 16.9 Å². The highest BCUT2D eigenvalue weighted by atomic mass is 19.4. The van der Waals surface area contributed by atoms with E-state index in [4.69, 9.17) is 0 Å². The Labute approximate surface area is 160 Å². The molecule has 0 aliphatic rings. The van der Waals surface area contributed by atoms with E-state index < -0.39 is 23.4 Å². The summed E-state index contributed by atoms with van der Waals surface area (Å²) < 4.78 is 67.1. The van der Waals surface area contributed by atoms with Gasteiger partial charge in [0.1, 0.15) is 17.2 Å². The summed E-state index contributed by atoms with van der Waals surface area (Å²) >= 11 is 0. The Hall–Kier alpha value is -3.56. The minimum Gasteiger partial charge on any atom is -0.339 e. The Kier molecular flexibility index (Phi) is 4.40. The summed E-state index contributed by atoms with van der Waals surface area (Å²) in [6.07, 6.45) is -1.67. The normalized spacial score (nSPS) is 11.8. The van der Waals surface area contributed by atoms with E-state index in [2.05, 4.69) is 20.3 Å². The van der Waals surface area contributed by atoms with E-state index in [1.54, 1.807) is 6.92 Å². The lowest BCUT2D eigenvalue weighted by Gasteiger charge is -2.11. The maximum atomic E-state index is 14.0. The van der Waals surface area contributed by atoms with Crippen LogP contribution in [0.5, 0.6) is 0 Å². The molecule has 0 aliphatic carbocycles. The molecule has 0 atom stereocenters. The SMILES string of the molecule is Cc1nc2c(F)cc(F)cc2n1-c1cncc(Nc2ccc(C(F)(F)F)cc2)n1. The third-order valence-electron chi connectivity index (χ3n) is 4.18. The Bertz CT molecular complexity index is 1200. The monoisotopic (exact) mass is 405 g/mol. The molecular weight excluding hydrogens is 393 g/mol. The van der Waals surface area contributed by atoms with Gasteiger partial charge < -0.3 is 5.32 Å². The van der Waals surface area contributed by atoms with E-state index in [1.165, 1.54) is 29.1 Å². The molecule has 0 fully saturated rings. The molecule has 0 aliphatic heterocycles. The number of fused-ring (bicyclic) bond motifs is 1. The van der Waals surface area contributed by atoms with Gasteiger partial charge in [-0.05, 0) is 31.2 Å². The fourth-order valence-corrected chi connectivity index (χ4v) is 2.92. The molecule has 1 N–H and O–H groups in total. The molecule has 0 saturated heterocycles. The van der Waals surface area contributed by atoms with Gasteiger partial charge in [-0.2, -0.15) is 13.2 Å². The van der Waals surface area contributed by atoms with Crippen molar-refractivity contribution >= 4 is 22.5 Å². The number of halogens is 5. The summed E-state index contributed by atoms with van der Waals surface area (Å²) in [5, 5.41) is 2.85. The fraction of sp³-hybridized carbons (Fsp3) is 0.105. The van der Waals surface area contributed by atoms with E-state index in [9.17, 15) is 22.0 Å². The average Bonchev–Trinajstić information content (AvgIpc) is 2.98. The van der Waals surface area contributed by atoms with Gasteiger partial charge in [0, 0.05) is 17.8 Å². The molecular formula is C19H12F5N5. The van der Waals surface area contributed by atoms with Gasteiger partial charge in [-0.3, -0.25) is 9.55 Å². The van der Waals surface area contributed by atoms with Gasteiger partial charge in [0.05, 0.1) is 23.5 Å². The van der Waals surface area contributed by atoms with Crippen molar-refractivity contribution in [3.8, 4) is 5.82 Å². The zero-order chi connectivity index (χ0) is 20.8. The predicted octanol–water partition coefficient (Wildman–Crippen LogP) is 5.16. The molecule has 148 valence electrons. The molecule has 2 aromatic heterocycles. The Morgan fingerprint density at radius 3 is 2.38 bits per heavy atom. The molecule has 5 nitrogen and oxygen atoms in total. The van der Waals surface area contributed by atoms with Crippen LogP contribution in [-0.2, 0) is 6.18 Å². The van der Waals surface area contributed by atoms with Crippen LogP contribution in [0, 0.1) is 18.6 Å². The van der Waals surface area contributed by atoms with Gasteiger partial charge in [-0.15, -0.1) is 0 Å². The van der Waals surface area contributed by atoms with Crippen molar-refractivity contribution in [3.63, 3.8) is 0 Å². The molecule has 0 bridgehead atoms. The second-order valence-corrected chi connectivity index (χ2v) is 6.21. The first-order chi connectivity index (χ1) is 13.7. The maximum absolute atomic E-state index is 14.0. The van der Waals surface area contributed by atoms with Crippen LogP contribution in [0.3, 0.4) is 0 Å². The van der Waals surface area contributed by atoms with E-state index in [-0.39, 0.29) is 22.7 Å². The Balaban J connectivity index is 1.70. The molecule has 2 aromatic carbocycles. The maximum Gasteiger partial charge on any atom is 0.416 e. The summed E-state index contributed by atoms with van der Waals surface area (Å²) in [4.78, 5) is 12.5. The highest BCUT2D eigenvalue weighted by Crippen LogP contribution is 2.30. The quantitative estimate of drug-likeness (QED) is 0.478. The van der Waals surface area contributed by atoms with Crippen molar-refractivity contribution < 1.29 is 22.0 Å². The number of nitrogens with zero attached hydrogens (tertiary/aromatic N) is 4. The Morgan fingerprint density at radius 2 is 1.69 bits per heavy atom. The van der Waals surface area contributed by atoms with Crippen molar-refractivity contribution in [2.24, 2.45) is 0 Å². The largest absolute Gasteiger partial charge is 0.416 e. The minimum absolute atomic E-state index is 0.00759. The average molecular weight is 405 g/mol. The van der Waals surface area contributed by atoms with Crippen LogP contribution in [0.1, 0.15) is 11.4 Å². The van der Waals surface area contributed by atoms with Gasteiger partial charge in [-0.1, -0.05) is 0 Å². The van der Waals surface area contributed by atoms with E-state index in [1.807, 2.05) is 0 Å². The van der Waals surface area contributed by atoms with Crippen molar-refractivity contribution in [3.05, 3.63) is 71.8 Å². The zero-order valence-electron chi connectivity index (χ0n) is 14.8. The molecule has 0 unspecified atom stereocenters. The molecule has 4 aromatic rings. The first-order valence-electron chi connectivity index (χ1n) is 8.33. The number of aromatic nitrogens is 4. The predicted molar refractivity (Wildman–Crippen MR) is 96.0 cm³/mol. The minimum atomic E-state index is -4.43. The second-order valence-electron chi connectivity index (χ2n) is 6.21. The molecule has 0 spiro atoms. The highest BCUT2D eigenvalue weighted by molar-refractivity contribution is 5.78. The molecule has 4 rings (SSSR count). The number of nitrogens with one attached hydrogen (secondary N) is 1. The molecule has 0 radical (unpaired) electrons. The van der Waals surface area contributed by atoms with Crippen molar-refractivity contribution in [2.75, 3.05) is 5.32 Å². The second kappa shape index (κ2) is 6.80. The van der Waals surface area contributed by atoms with Crippen LogP contribution in [0.4, 0.5) is 33.5 Å². The first-order valence-corrected chi connectivity index (χ1v) is 8.33. The van der Waals surface area contributed by atoms with Crippen LogP contribution in [-0.4, -0.2) is 19.5 Å². The summed E-state index contributed by atoms with van der Waals surface area (Å²) in [7, 11) is 0. The molecule has 0 amide bonds. The summed E-state index contributed by atoms with van der Waals surface area (Å²) in [5.41, 5.74) is -0.228. The lowest BCUT2D eigenvalue weighted by molar-refractivity contribution is -0.137. The van der Waals surface area contributed by atoms with Crippen LogP contribution < -0.4 is 5.32 Å². The van der Waals surface area contributed by atoms with E-state index in [0.717, 1.165) is 24.3 Å². The number of anilines is 2. The van der Waals surface area contributed by atoms with Gasteiger partial charge in [0.2, 0.25) is 0 Å². The van der Waals surface area contributed by atoms with Gasteiger partial charge >= 0.3 is 6.18 Å².